The Morgan fingerprint density at radius 2 is 1.67 bits per heavy atom. The minimum absolute atomic E-state index is 0.142. The molecule has 0 spiro atoms. The van der Waals surface area contributed by atoms with Crippen LogP contribution in [0.2, 0.25) is 0 Å². The summed E-state index contributed by atoms with van der Waals surface area (Å²) in [5, 5.41) is 9.65. The second kappa shape index (κ2) is 12.3. The number of ketones is 1. The normalized spacial score (nSPS) is 13.2. The van der Waals surface area contributed by atoms with Gasteiger partial charge in [0, 0.05) is 6.08 Å². The first-order valence-corrected chi connectivity index (χ1v) is 8.34. The predicted molar refractivity (Wildman–Crippen MR) is 97.7 cm³/mol. The van der Waals surface area contributed by atoms with E-state index < -0.39 is 17.4 Å². The number of rotatable bonds is 10. The van der Waals surface area contributed by atoms with Gasteiger partial charge in [0.15, 0.2) is 5.78 Å². The molecule has 0 aromatic rings. The van der Waals surface area contributed by atoms with Crippen molar-refractivity contribution in [1.82, 2.24) is 0 Å². The molecule has 0 atom stereocenters. The Hall–Kier alpha value is -2.10. The van der Waals surface area contributed by atoms with E-state index in [4.69, 9.17) is 4.74 Å². The van der Waals surface area contributed by atoms with Gasteiger partial charge in [-0.25, -0.2) is 0 Å². The van der Waals surface area contributed by atoms with Gasteiger partial charge in [0.05, 0.1) is 0 Å². The number of hydrogen-bond acceptors (Lipinski definition) is 4. The molecule has 0 saturated heterocycles. The average molecular weight is 334 g/mol. The molecule has 4 heteroatoms. The second-order valence-corrected chi connectivity index (χ2v) is 6.44. The average Bonchev–Trinajstić information content (AvgIpc) is 2.43. The van der Waals surface area contributed by atoms with Gasteiger partial charge in [-0.15, -0.1) is 0 Å². The molecule has 0 amide bonds. The number of unbranched alkanes of at least 4 members (excludes halogenated alkanes) is 3. The van der Waals surface area contributed by atoms with E-state index in [-0.39, 0.29) is 12.2 Å². The summed E-state index contributed by atoms with van der Waals surface area (Å²) in [7, 11) is 0. The lowest BCUT2D eigenvalue weighted by Crippen LogP contribution is -2.25. The highest BCUT2D eigenvalue weighted by molar-refractivity contribution is 6.02. The Labute approximate surface area is 145 Å². The van der Waals surface area contributed by atoms with E-state index in [0.717, 1.165) is 31.8 Å². The van der Waals surface area contributed by atoms with Crippen LogP contribution in [0.15, 0.2) is 48.3 Å². The van der Waals surface area contributed by atoms with Gasteiger partial charge in [-0.2, -0.15) is 0 Å². The van der Waals surface area contributed by atoms with Gasteiger partial charge >= 0.3 is 5.97 Å². The monoisotopic (exact) mass is 334 g/mol. The summed E-state index contributed by atoms with van der Waals surface area (Å²) in [5.41, 5.74) is -0.620. The lowest BCUT2D eigenvalue weighted by atomic mass is 10.1. The Morgan fingerprint density at radius 1 is 1.04 bits per heavy atom. The zero-order chi connectivity index (χ0) is 18.4. The van der Waals surface area contributed by atoms with Gasteiger partial charge < -0.3 is 9.84 Å². The fourth-order valence-corrected chi connectivity index (χ4v) is 1.80. The third-order valence-electron chi connectivity index (χ3n) is 2.77. The quantitative estimate of drug-likeness (QED) is 0.153. The van der Waals surface area contributed by atoms with Crippen molar-refractivity contribution >= 4 is 11.8 Å². The molecule has 0 aliphatic carbocycles. The summed E-state index contributed by atoms with van der Waals surface area (Å²) in [5.74, 6) is -1.21. The molecule has 0 aliphatic heterocycles. The highest BCUT2D eigenvalue weighted by Crippen LogP contribution is 2.09. The van der Waals surface area contributed by atoms with E-state index in [2.05, 4.69) is 6.08 Å². The van der Waals surface area contributed by atoms with E-state index >= 15 is 0 Å². The van der Waals surface area contributed by atoms with Crippen LogP contribution in [0.4, 0.5) is 0 Å². The van der Waals surface area contributed by atoms with E-state index in [0.29, 0.717) is 0 Å². The number of aliphatic hydroxyl groups is 1. The van der Waals surface area contributed by atoms with Gasteiger partial charge in [-0.3, -0.25) is 9.59 Å². The standard InChI is InChI=1S/C20H30O4/c1-5-6-7-8-9-10-11-12-13-14-17(21)15-18(22)16-19(23)24-20(2,3)4/h5-8,13-15,21H,9-12,16H2,1-4H3/b6-5+,8-7+,14-13+,17-15-. The van der Waals surface area contributed by atoms with Crippen molar-refractivity contribution in [2.75, 3.05) is 0 Å². The van der Waals surface area contributed by atoms with Crippen molar-refractivity contribution in [3.63, 3.8) is 0 Å². The summed E-state index contributed by atoms with van der Waals surface area (Å²) in [6.07, 6.45) is 16.1. The smallest absolute Gasteiger partial charge is 0.314 e. The van der Waals surface area contributed by atoms with Gasteiger partial charge in [0.1, 0.15) is 17.8 Å². The minimum Gasteiger partial charge on any atom is -0.508 e. The van der Waals surface area contributed by atoms with Crippen LogP contribution < -0.4 is 0 Å². The largest absolute Gasteiger partial charge is 0.508 e. The number of aliphatic hydroxyl groups excluding tert-OH is 1. The van der Waals surface area contributed by atoms with E-state index in [1.807, 2.05) is 31.2 Å². The highest BCUT2D eigenvalue weighted by atomic mass is 16.6. The summed E-state index contributed by atoms with van der Waals surface area (Å²) < 4.78 is 5.05. The highest BCUT2D eigenvalue weighted by Gasteiger charge is 2.18. The third-order valence-corrected chi connectivity index (χ3v) is 2.77. The van der Waals surface area contributed by atoms with Crippen LogP contribution in [0, 0.1) is 0 Å². The summed E-state index contributed by atoms with van der Waals surface area (Å²) >= 11 is 0. The van der Waals surface area contributed by atoms with Crippen LogP contribution in [0.25, 0.3) is 0 Å². The number of carbonyl (C=O) groups is 2. The molecule has 0 aromatic heterocycles. The summed E-state index contributed by atoms with van der Waals surface area (Å²) in [6, 6.07) is 0. The molecule has 0 aromatic carbocycles. The molecule has 0 heterocycles. The summed E-state index contributed by atoms with van der Waals surface area (Å²) in [6.45, 7) is 7.19. The van der Waals surface area contributed by atoms with Gasteiger partial charge in [0.2, 0.25) is 0 Å². The number of carbonyl (C=O) groups excluding carboxylic acids is 2. The lowest BCUT2D eigenvalue weighted by Gasteiger charge is -2.18. The first-order valence-electron chi connectivity index (χ1n) is 8.34. The van der Waals surface area contributed by atoms with Gasteiger partial charge in [-0.1, -0.05) is 30.4 Å². The molecular formula is C20H30O4. The van der Waals surface area contributed by atoms with Crippen molar-refractivity contribution in [2.24, 2.45) is 0 Å². The number of ether oxygens (including phenoxy) is 1. The maximum Gasteiger partial charge on any atom is 0.314 e. The molecule has 134 valence electrons. The molecule has 0 bridgehead atoms. The number of allylic oxidation sites excluding steroid dienone is 7. The molecule has 0 saturated carbocycles. The molecule has 0 unspecified atom stereocenters. The van der Waals surface area contributed by atoms with Crippen LogP contribution in [0.1, 0.15) is 59.8 Å². The third kappa shape index (κ3) is 14.8. The molecule has 4 nitrogen and oxygen atoms in total. The van der Waals surface area contributed by atoms with E-state index in [1.54, 1.807) is 20.8 Å². The van der Waals surface area contributed by atoms with Crippen LogP contribution in [0.5, 0.6) is 0 Å². The maximum atomic E-state index is 11.6. The van der Waals surface area contributed by atoms with Gasteiger partial charge in [-0.05, 0) is 59.5 Å². The second-order valence-electron chi connectivity index (χ2n) is 6.44. The molecular weight excluding hydrogens is 304 g/mol. The predicted octanol–water partition coefficient (Wildman–Crippen LogP) is 4.98. The zero-order valence-electron chi connectivity index (χ0n) is 15.2. The molecule has 24 heavy (non-hydrogen) atoms. The molecule has 0 fully saturated rings. The Morgan fingerprint density at radius 3 is 2.25 bits per heavy atom. The fourth-order valence-electron chi connectivity index (χ4n) is 1.80. The molecule has 0 radical (unpaired) electrons. The molecule has 1 N–H and O–H groups in total. The molecule has 0 rings (SSSR count). The van der Waals surface area contributed by atoms with E-state index in [9.17, 15) is 14.7 Å². The lowest BCUT2D eigenvalue weighted by molar-refractivity contribution is -0.155. The Balaban J connectivity index is 4.03. The minimum atomic E-state index is -0.620. The van der Waals surface area contributed by atoms with Crippen LogP contribution in [-0.2, 0) is 14.3 Å². The summed E-state index contributed by atoms with van der Waals surface area (Å²) in [4.78, 5) is 23.1. The van der Waals surface area contributed by atoms with Crippen molar-refractivity contribution in [3.05, 3.63) is 48.3 Å². The SMILES string of the molecule is C/C=C/C=C/CCCC/C=C/C(O)=C/C(=O)CC(=O)OC(C)(C)C. The van der Waals surface area contributed by atoms with Crippen molar-refractivity contribution < 1.29 is 19.4 Å². The molecule has 0 aliphatic rings. The number of hydrogen-bond donors (Lipinski definition) is 1. The Kier molecular flexibility index (Phi) is 11.3. The van der Waals surface area contributed by atoms with E-state index in [1.165, 1.54) is 6.08 Å². The fraction of sp³-hybridized carbons (Fsp3) is 0.500. The number of esters is 1. The maximum absolute atomic E-state index is 11.6. The van der Waals surface area contributed by atoms with Crippen LogP contribution in [-0.4, -0.2) is 22.5 Å². The van der Waals surface area contributed by atoms with Crippen LogP contribution in [0.3, 0.4) is 0 Å². The van der Waals surface area contributed by atoms with Gasteiger partial charge in [0.25, 0.3) is 0 Å². The first kappa shape index (κ1) is 21.9. The topological polar surface area (TPSA) is 63.6 Å². The van der Waals surface area contributed by atoms with Crippen molar-refractivity contribution in [2.45, 2.75) is 65.4 Å². The zero-order valence-corrected chi connectivity index (χ0v) is 15.2. The van der Waals surface area contributed by atoms with Crippen LogP contribution >= 0.6 is 0 Å². The van der Waals surface area contributed by atoms with Crippen molar-refractivity contribution in [3.8, 4) is 0 Å². The Bertz CT molecular complexity index is 502. The first-order chi connectivity index (χ1) is 11.2. The van der Waals surface area contributed by atoms with Crippen molar-refractivity contribution in [1.29, 1.82) is 0 Å².